The first-order valence-corrected chi connectivity index (χ1v) is 8.18. The number of ether oxygens (including phenoxy) is 2. The van der Waals surface area contributed by atoms with Crippen LogP contribution in [0.1, 0.15) is 28.9 Å². The molecule has 2 aromatic heterocycles. The second-order valence-electron chi connectivity index (χ2n) is 6.34. The third kappa shape index (κ3) is 2.84. The fourth-order valence-electron chi connectivity index (χ4n) is 3.37. The van der Waals surface area contributed by atoms with Crippen molar-refractivity contribution in [2.45, 2.75) is 26.1 Å². The van der Waals surface area contributed by atoms with Gasteiger partial charge in [-0.15, -0.1) is 0 Å². The largest absolute Gasteiger partial charge is 0.350 e. The van der Waals surface area contributed by atoms with E-state index in [2.05, 4.69) is 4.98 Å². The molecular formula is C17H21N3O3. The number of likely N-dealkylation sites (tertiary alicyclic amines) is 1. The van der Waals surface area contributed by atoms with Gasteiger partial charge in [0.2, 0.25) is 0 Å². The first-order chi connectivity index (χ1) is 11.2. The molecule has 2 fully saturated rings. The van der Waals surface area contributed by atoms with Gasteiger partial charge in [-0.3, -0.25) is 4.79 Å². The molecular weight excluding hydrogens is 294 g/mol. The van der Waals surface area contributed by atoms with Crippen LogP contribution < -0.4 is 0 Å². The van der Waals surface area contributed by atoms with E-state index in [1.807, 2.05) is 40.8 Å². The molecule has 0 saturated carbocycles. The highest BCUT2D eigenvalue weighted by Gasteiger charge is 2.32. The molecule has 4 heterocycles. The highest BCUT2D eigenvalue weighted by atomic mass is 16.7. The van der Waals surface area contributed by atoms with E-state index in [-0.39, 0.29) is 12.2 Å². The van der Waals surface area contributed by atoms with Crippen molar-refractivity contribution in [1.29, 1.82) is 0 Å². The van der Waals surface area contributed by atoms with E-state index in [0.29, 0.717) is 24.8 Å². The van der Waals surface area contributed by atoms with Crippen LogP contribution in [0.25, 0.3) is 5.65 Å². The molecule has 2 aliphatic rings. The van der Waals surface area contributed by atoms with Crippen molar-refractivity contribution >= 4 is 11.6 Å². The second-order valence-corrected chi connectivity index (χ2v) is 6.34. The van der Waals surface area contributed by atoms with Gasteiger partial charge in [0, 0.05) is 31.4 Å². The molecule has 0 bridgehead atoms. The van der Waals surface area contributed by atoms with Crippen molar-refractivity contribution in [2.24, 2.45) is 5.92 Å². The third-order valence-electron chi connectivity index (χ3n) is 4.69. The summed E-state index contributed by atoms with van der Waals surface area (Å²) in [6.45, 7) is 4.86. The SMILES string of the molecule is Cc1ccn2cc(C(=O)N3CCC(C4OCCO4)CC3)nc2c1. The van der Waals surface area contributed by atoms with Crippen LogP contribution >= 0.6 is 0 Å². The Morgan fingerprint density at radius 3 is 2.74 bits per heavy atom. The van der Waals surface area contributed by atoms with Gasteiger partial charge in [-0.2, -0.15) is 0 Å². The van der Waals surface area contributed by atoms with E-state index in [1.54, 1.807) is 0 Å². The van der Waals surface area contributed by atoms with Crippen molar-refractivity contribution in [1.82, 2.24) is 14.3 Å². The number of nitrogens with zero attached hydrogens (tertiary/aromatic N) is 3. The van der Waals surface area contributed by atoms with E-state index in [1.165, 1.54) is 0 Å². The molecule has 0 atom stereocenters. The Labute approximate surface area is 135 Å². The van der Waals surface area contributed by atoms with Gasteiger partial charge in [-0.25, -0.2) is 4.98 Å². The van der Waals surface area contributed by atoms with Crippen LogP contribution in [0.3, 0.4) is 0 Å². The molecule has 0 N–H and O–H groups in total. The number of amides is 1. The summed E-state index contributed by atoms with van der Waals surface area (Å²) in [4.78, 5) is 19.0. The second kappa shape index (κ2) is 5.94. The summed E-state index contributed by atoms with van der Waals surface area (Å²) in [7, 11) is 0. The molecule has 0 radical (unpaired) electrons. The van der Waals surface area contributed by atoms with E-state index in [0.717, 1.165) is 37.1 Å². The summed E-state index contributed by atoms with van der Waals surface area (Å²) >= 11 is 0. The fraction of sp³-hybridized carbons (Fsp3) is 0.529. The summed E-state index contributed by atoms with van der Waals surface area (Å²) < 4.78 is 13.1. The summed E-state index contributed by atoms with van der Waals surface area (Å²) in [5.74, 6) is 0.406. The standard InChI is InChI=1S/C17H21N3O3/c1-12-2-5-20-11-14(18-15(20)10-12)16(21)19-6-3-13(4-7-19)17-22-8-9-23-17/h2,5,10-11,13,17H,3-4,6-9H2,1H3. The van der Waals surface area contributed by atoms with Crippen molar-refractivity contribution < 1.29 is 14.3 Å². The summed E-state index contributed by atoms with van der Waals surface area (Å²) in [5, 5.41) is 0. The van der Waals surface area contributed by atoms with Crippen LogP contribution in [0.15, 0.2) is 24.5 Å². The van der Waals surface area contributed by atoms with Crippen LogP contribution in [0.2, 0.25) is 0 Å². The van der Waals surface area contributed by atoms with Crippen molar-refractivity contribution in [3.8, 4) is 0 Å². The number of carbonyl (C=O) groups excluding carboxylic acids is 1. The number of hydrogen-bond acceptors (Lipinski definition) is 4. The zero-order valence-corrected chi connectivity index (χ0v) is 13.3. The third-order valence-corrected chi connectivity index (χ3v) is 4.69. The maximum absolute atomic E-state index is 12.7. The minimum Gasteiger partial charge on any atom is -0.350 e. The fourth-order valence-corrected chi connectivity index (χ4v) is 3.37. The number of pyridine rings is 1. The first-order valence-electron chi connectivity index (χ1n) is 8.18. The molecule has 23 heavy (non-hydrogen) atoms. The molecule has 0 aliphatic carbocycles. The van der Waals surface area contributed by atoms with Crippen molar-refractivity contribution in [3.05, 3.63) is 35.8 Å². The van der Waals surface area contributed by atoms with E-state index in [4.69, 9.17) is 9.47 Å². The monoisotopic (exact) mass is 315 g/mol. The average molecular weight is 315 g/mol. The van der Waals surface area contributed by atoms with Gasteiger partial charge in [0.25, 0.3) is 5.91 Å². The van der Waals surface area contributed by atoms with E-state index >= 15 is 0 Å². The van der Waals surface area contributed by atoms with Crippen LogP contribution in [-0.2, 0) is 9.47 Å². The highest BCUT2D eigenvalue weighted by molar-refractivity contribution is 5.93. The molecule has 6 nitrogen and oxygen atoms in total. The van der Waals surface area contributed by atoms with Crippen LogP contribution in [0.5, 0.6) is 0 Å². The zero-order valence-electron chi connectivity index (χ0n) is 13.3. The van der Waals surface area contributed by atoms with E-state index < -0.39 is 0 Å². The van der Waals surface area contributed by atoms with E-state index in [9.17, 15) is 4.79 Å². The maximum atomic E-state index is 12.7. The molecule has 2 aromatic rings. The Morgan fingerprint density at radius 1 is 1.26 bits per heavy atom. The van der Waals surface area contributed by atoms with Gasteiger partial charge < -0.3 is 18.8 Å². The molecule has 4 rings (SSSR count). The number of piperidine rings is 1. The van der Waals surface area contributed by atoms with Gasteiger partial charge in [0.1, 0.15) is 11.3 Å². The molecule has 6 heteroatoms. The molecule has 2 aliphatic heterocycles. The number of imidazole rings is 1. The minimum atomic E-state index is -0.0783. The van der Waals surface area contributed by atoms with Gasteiger partial charge in [0.15, 0.2) is 6.29 Å². The van der Waals surface area contributed by atoms with Crippen molar-refractivity contribution in [3.63, 3.8) is 0 Å². The van der Waals surface area contributed by atoms with Gasteiger partial charge >= 0.3 is 0 Å². The molecule has 1 amide bonds. The highest BCUT2D eigenvalue weighted by Crippen LogP contribution is 2.26. The number of fused-ring (bicyclic) bond motifs is 1. The Kier molecular flexibility index (Phi) is 3.79. The Balaban J connectivity index is 1.44. The number of aryl methyl sites for hydroxylation is 1. The lowest BCUT2D eigenvalue weighted by Crippen LogP contribution is -2.41. The topological polar surface area (TPSA) is 56.1 Å². The summed E-state index contributed by atoms with van der Waals surface area (Å²) in [6.07, 6.45) is 5.51. The lowest BCUT2D eigenvalue weighted by Gasteiger charge is -2.33. The Bertz CT molecular complexity index is 713. The molecule has 122 valence electrons. The van der Waals surface area contributed by atoms with Gasteiger partial charge in [-0.05, 0) is 37.5 Å². The predicted octanol–water partition coefficient (Wildman–Crippen LogP) is 1.87. The Morgan fingerprint density at radius 2 is 2.00 bits per heavy atom. The lowest BCUT2D eigenvalue weighted by molar-refractivity contribution is -0.0956. The lowest BCUT2D eigenvalue weighted by atomic mass is 9.96. The molecule has 2 saturated heterocycles. The maximum Gasteiger partial charge on any atom is 0.274 e. The number of aromatic nitrogens is 2. The predicted molar refractivity (Wildman–Crippen MR) is 84.2 cm³/mol. The van der Waals surface area contributed by atoms with Gasteiger partial charge in [0.05, 0.1) is 13.2 Å². The summed E-state index contributed by atoms with van der Waals surface area (Å²) in [5.41, 5.74) is 2.47. The molecule has 0 aromatic carbocycles. The van der Waals surface area contributed by atoms with Crippen LogP contribution in [-0.4, -0.2) is 52.8 Å². The zero-order chi connectivity index (χ0) is 15.8. The Hall–Kier alpha value is -1.92. The number of rotatable bonds is 2. The first kappa shape index (κ1) is 14.7. The molecule has 0 unspecified atom stereocenters. The minimum absolute atomic E-state index is 0.0121. The van der Waals surface area contributed by atoms with Crippen LogP contribution in [0.4, 0.5) is 0 Å². The summed E-state index contributed by atoms with van der Waals surface area (Å²) in [6, 6.07) is 3.99. The smallest absolute Gasteiger partial charge is 0.274 e. The quantitative estimate of drug-likeness (QED) is 0.849. The van der Waals surface area contributed by atoms with Gasteiger partial charge in [-0.1, -0.05) is 0 Å². The number of carbonyl (C=O) groups is 1. The van der Waals surface area contributed by atoms with Crippen molar-refractivity contribution in [2.75, 3.05) is 26.3 Å². The number of hydrogen-bond donors (Lipinski definition) is 0. The van der Waals surface area contributed by atoms with Crippen LogP contribution in [0, 0.1) is 12.8 Å². The normalized spacial score (nSPS) is 20.5. The molecule has 0 spiro atoms. The average Bonchev–Trinajstić information content (AvgIpc) is 3.23.